The number of rotatable bonds is 18. The predicted octanol–water partition coefficient (Wildman–Crippen LogP) is 7.63. The fourth-order valence-corrected chi connectivity index (χ4v) is 9.63. The van der Waals surface area contributed by atoms with Crippen molar-refractivity contribution in [2.75, 3.05) is 6.61 Å². The van der Waals surface area contributed by atoms with Crippen molar-refractivity contribution in [1.82, 2.24) is 0 Å². The van der Waals surface area contributed by atoms with E-state index >= 15 is 0 Å². The van der Waals surface area contributed by atoms with Gasteiger partial charge in [0, 0.05) is 37.5 Å². The molecular weight excluding hydrogens is 735 g/mol. The van der Waals surface area contributed by atoms with Crippen LogP contribution in [0.1, 0.15) is 139 Å². The molecule has 13 heteroatoms. The summed E-state index contributed by atoms with van der Waals surface area (Å²) < 4.78 is 51.7. The summed E-state index contributed by atoms with van der Waals surface area (Å²) in [5.41, 5.74) is -0.479. The van der Waals surface area contributed by atoms with Crippen molar-refractivity contribution < 1.29 is 52.1 Å². The van der Waals surface area contributed by atoms with E-state index in [9.17, 15) is 19.5 Å². The van der Waals surface area contributed by atoms with Crippen LogP contribution in [0, 0.1) is 29.1 Å². The molecule has 1 unspecified atom stereocenters. The molecule has 1 N–H and O–H groups in total. The van der Waals surface area contributed by atoms with Gasteiger partial charge in [0.05, 0.1) is 43.5 Å². The van der Waals surface area contributed by atoms with Gasteiger partial charge in [0.1, 0.15) is 12.4 Å². The van der Waals surface area contributed by atoms with Gasteiger partial charge in [0.2, 0.25) is 12.9 Å². The first kappa shape index (κ1) is 45.4. The third-order valence-electron chi connectivity index (χ3n) is 12.4. The van der Waals surface area contributed by atoms with E-state index in [0.29, 0.717) is 49.1 Å². The SMILES string of the molecule is [3H][B]SO[C@H](CC(=O)O[C@H](C[C@@H]1C/C(=C\C)C(OC(C)=O)[C@](O)(C(C)(C)/C=C/C=O)O1)C(C)C)C[C@@H]1CCC[C@H](C[C@@H]2CCO[C@@]3(C[C@H](C)CC[C@H]3C(C)C)O2)O1. The van der Waals surface area contributed by atoms with E-state index < -0.39 is 53.3 Å². The highest BCUT2D eigenvalue weighted by atomic mass is 32.2. The average molecular weight is 808 g/mol. The zero-order valence-electron chi connectivity index (χ0n) is 36.4. The molecule has 1 aliphatic carbocycles. The fraction of sp³-hybridized carbons (Fsp3) is 0.837. The quantitative estimate of drug-likeness (QED) is 0.0364. The smallest absolute Gasteiger partial charge is 0.308 e. The van der Waals surface area contributed by atoms with Crippen LogP contribution in [0.15, 0.2) is 23.8 Å². The van der Waals surface area contributed by atoms with Crippen molar-refractivity contribution in [3.05, 3.63) is 23.8 Å². The normalized spacial score (nSPS) is 35.0. The van der Waals surface area contributed by atoms with Gasteiger partial charge in [-0.05, 0) is 82.6 Å². The second-order valence-electron chi connectivity index (χ2n) is 17.9. The maximum atomic E-state index is 13.6. The Labute approximate surface area is 342 Å². The lowest BCUT2D eigenvalue weighted by atomic mass is 9.72. The largest absolute Gasteiger partial charge is 0.462 e. The van der Waals surface area contributed by atoms with Gasteiger partial charge in [-0.2, -0.15) is 0 Å². The summed E-state index contributed by atoms with van der Waals surface area (Å²) in [7, 11) is 1.10. The van der Waals surface area contributed by atoms with Gasteiger partial charge in [-0.3, -0.25) is 14.4 Å². The van der Waals surface area contributed by atoms with Crippen molar-refractivity contribution in [3.8, 4) is 0 Å². The average Bonchev–Trinajstić information content (AvgIpc) is 3.13. The molecule has 317 valence electrons. The minimum absolute atomic E-state index is 0.0252. The van der Waals surface area contributed by atoms with Gasteiger partial charge in [-0.1, -0.05) is 78.9 Å². The molecule has 0 aromatic heterocycles. The predicted molar refractivity (Wildman–Crippen MR) is 218 cm³/mol. The highest BCUT2D eigenvalue weighted by Gasteiger charge is 2.57. The van der Waals surface area contributed by atoms with E-state index in [1.807, 2.05) is 13.8 Å². The number of esters is 2. The number of aliphatic hydroxyl groups is 1. The van der Waals surface area contributed by atoms with E-state index in [2.05, 4.69) is 20.8 Å². The molecule has 1 saturated carbocycles. The van der Waals surface area contributed by atoms with E-state index in [1.165, 1.54) is 25.5 Å². The Kier molecular flexibility index (Phi) is 17.0. The molecule has 0 aromatic rings. The molecule has 1 spiro atoms. The minimum atomic E-state index is -2.02. The lowest BCUT2D eigenvalue weighted by Gasteiger charge is -2.51. The van der Waals surface area contributed by atoms with Gasteiger partial charge < -0.3 is 37.7 Å². The number of aldehydes is 1. The summed E-state index contributed by atoms with van der Waals surface area (Å²) in [5, 5.41) is 12.1. The maximum Gasteiger partial charge on any atom is 0.308 e. The third-order valence-corrected chi connectivity index (χ3v) is 12.8. The second kappa shape index (κ2) is 21.0. The maximum absolute atomic E-state index is 13.6. The molecule has 3 saturated heterocycles. The lowest BCUT2D eigenvalue weighted by molar-refractivity contribution is -0.342. The molecule has 1 radical (unpaired) electrons. The van der Waals surface area contributed by atoms with Crippen molar-refractivity contribution >= 4 is 37.2 Å². The Hall–Kier alpha value is -1.74. The molecule has 0 bridgehead atoms. The fourth-order valence-electron chi connectivity index (χ4n) is 9.33. The molecular formula is C43H70BO11S. The van der Waals surface area contributed by atoms with Crippen LogP contribution in [0.3, 0.4) is 0 Å². The number of ether oxygens (including phenoxy) is 6. The number of hydrogen-bond acceptors (Lipinski definition) is 12. The van der Waals surface area contributed by atoms with E-state index in [-0.39, 0.29) is 37.1 Å². The van der Waals surface area contributed by atoms with Crippen LogP contribution in [-0.2, 0) is 47.0 Å². The number of carbonyl (C=O) groups is 3. The summed E-state index contributed by atoms with van der Waals surface area (Å²) in [5.74, 6) is -2.22. The molecule has 3 aliphatic heterocycles. The highest BCUT2D eigenvalue weighted by Crippen LogP contribution is 2.48. The van der Waals surface area contributed by atoms with E-state index in [4.69, 9.17) is 33.9 Å². The van der Waals surface area contributed by atoms with Crippen LogP contribution >= 0.6 is 11.9 Å². The summed E-state index contributed by atoms with van der Waals surface area (Å²) in [6, 6.07) is 0. The first-order chi connectivity index (χ1) is 26.9. The van der Waals surface area contributed by atoms with Crippen LogP contribution in [-0.4, -0.2) is 92.7 Å². The van der Waals surface area contributed by atoms with Gasteiger partial charge in [0.25, 0.3) is 0 Å². The molecule has 0 aromatic carbocycles. The zero-order chi connectivity index (χ0) is 42.0. The Bertz CT molecular complexity index is 1380. The molecule has 4 aliphatic rings. The van der Waals surface area contributed by atoms with Crippen molar-refractivity contribution in [1.29, 1.82) is 1.34 Å². The van der Waals surface area contributed by atoms with Crippen molar-refractivity contribution in [2.24, 2.45) is 29.1 Å². The topological polar surface area (TPSA) is 136 Å². The molecule has 4 fully saturated rings. The standard InChI is InChI=1S/C43H70BO11S/c1-10-31-21-35(54-43(48,40(31)50-30(7)46)41(8,9)18-12-19-45)24-38(28(4)5)52-39(47)25-36(55-56-44)23-33-14-11-13-32(51-33)22-34-17-20-49-42(53-34)26-29(6)15-16-37(42)27(2)3/h10,12,18-19,27-29,32-38,40,44,48H,11,13-17,20-26H2,1-9H3/b18-12+,31-10+/t29-,32-,33+,34+,35+,36+,37+,38-,40?,42+,43-/m1/s1/i44T. The summed E-state index contributed by atoms with van der Waals surface area (Å²) >= 11 is 0.886. The Balaban J connectivity index is 1.39. The number of carbonyl (C=O) groups excluding carboxylic acids is 3. The van der Waals surface area contributed by atoms with Gasteiger partial charge in [-0.15, -0.1) is 0 Å². The molecule has 11 nitrogen and oxygen atoms in total. The molecule has 11 atom stereocenters. The second-order valence-corrected chi connectivity index (χ2v) is 18.3. The first-order valence-corrected chi connectivity index (χ1v) is 21.8. The van der Waals surface area contributed by atoms with E-state index in [1.54, 1.807) is 26.8 Å². The summed E-state index contributed by atoms with van der Waals surface area (Å²) in [4.78, 5) is 37.0. The number of hydrogen-bond donors (Lipinski definition) is 1. The van der Waals surface area contributed by atoms with E-state index in [0.717, 1.165) is 63.9 Å². The molecule has 4 rings (SSSR count). The summed E-state index contributed by atoms with van der Waals surface area (Å²) in [6.07, 6.45) is 11.2. The van der Waals surface area contributed by atoms with Gasteiger partial charge in [-0.25, -0.2) is 0 Å². The van der Waals surface area contributed by atoms with Crippen LogP contribution in [0.2, 0.25) is 0 Å². The van der Waals surface area contributed by atoms with Crippen molar-refractivity contribution in [2.45, 2.75) is 194 Å². The zero-order valence-corrected chi connectivity index (χ0v) is 36.2. The Morgan fingerprint density at radius 3 is 2.48 bits per heavy atom. The van der Waals surface area contributed by atoms with Gasteiger partial charge >= 0.3 is 11.9 Å². The van der Waals surface area contributed by atoms with Crippen LogP contribution < -0.4 is 0 Å². The molecule has 3 heterocycles. The lowest BCUT2D eigenvalue weighted by Crippen LogP contribution is -2.62. The van der Waals surface area contributed by atoms with Crippen LogP contribution in [0.5, 0.6) is 0 Å². The number of allylic oxidation sites excluding steroid dienone is 2. The minimum Gasteiger partial charge on any atom is -0.462 e. The summed E-state index contributed by atoms with van der Waals surface area (Å²) in [6.45, 7) is 17.9. The molecule has 0 amide bonds. The molecule has 56 heavy (non-hydrogen) atoms. The monoisotopic (exact) mass is 807 g/mol. The Morgan fingerprint density at radius 2 is 1.82 bits per heavy atom. The van der Waals surface area contributed by atoms with Crippen LogP contribution in [0.25, 0.3) is 0 Å². The van der Waals surface area contributed by atoms with Crippen LogP contribution in [0.4, 0.5) is 0 Å². The van der Waals surface area contributed by atoms with Gasteiger partial charge in [0.15, 0.2) is 11.9 Å². The Morgan fingerprint density at radius 1 is 1.07 bits per heavy atom. The third kappa shape index (κ3) is 12.2. The first-order valence-electron chi connectivity index (χ1n) is 21.6. The van der Waals surface area contributed by atoms with Crippen molar-refractivity contribution in [3.63, 3.8) is 0 Å². The highest BCUT2D eigenvalue weighted by molar-refractivity contribution is 8.15.